The molecule has 0 saturated heterocycles. The molecular formula is C16H21ClN4O3. The number of hydrogen-bond donors (Lipinski definition) is 1. The summed E-state index contributed by atoms with van der Waals surface area (Å²) >= 11 is 6.17. The van der Waals surface area contributed by atoms with Gasteiger partial charge in [0.1, 0.15) is 10.8 Å². The molecule has 0 aliphatic rings. The second-order valence-corrected chi connectivity index (χ2v) is 5.61. The van der Waals surface area contributed by atoms with Crippen LogP contribution in [0.25, 0.3) is 0 Å². The lowest BCUT2D eigenvalue weighted by atomic mass is 10.3. The zero-order chi connectivity index (χ0) is 17.5. The maximum Gasteiger partial charge on any atom is 0.254 e. The van der Waals surface area contributed by atoms with E-state index in [0.29, 0.717) is 18.1 Å². The molecule has 0 bridgehead atoms. The third-order valence-corrected chi connectivity index (χ3v) is 3.78. The average Bonchev–Trinajstić information content (AvgIpc) is 2.56. The van der Waals surface area contributed by atoms with Crippen molar-refractivity contribution in [1.29, 1.82) is 0 Å². The number of unbranched alkanes of at least 4 members (excludes halogenated alkanes) is 2. The summed E-state index contributed by atoms with van der Waals surface area (Å²) in [6, 6.07) is 3.19. The quantitative estimate of drug-likeness (QED) is 0.734. The van der Waals surface area contributed by atoms with Crippen LogP contribution in [0.1, 0.15) is 31.9 Å². The lowest BCUT2D eigenvalue weighted by Gasteiger charge is -2.11. The number of aromatic nitrogens is 3. The Kier molecular flexibility index (Phi) is 6.43. The van der Waals surface area contributed by atoms with E-state index in [4.69, 9.17) is 26.8 Å². The summed E-state index contributed by atoms with van der Waals surface area (Å²) < 4.78 is 12.1. The van der Waals surface area contributed by atoms with E-state index in [1.54, 1.807) is 12.3 Å². The van der Waals surface area contributed by atoms with Crippen LogP contribution in [-0.4, -0.2) is 28.3 Å². The minimum Gasteiger partial charge on any atom is -0.493 e. The molecule has 24 heavy (non-hydrogen) atoms. The summed E-state index contributed by atoms with van der Waals surface area (Å²) in [4.78, 5) is 20.2. The van der Waals surface area contributed by atoms with Gasteiger partial charge < -0.3 is 19.8 Å². The maximum absolute atomic E-state index is 12.2. The van der Waals surface area contributed by atoms with Gasteiger partial charge in [-0.3, -0.25) is 4.79 Å². The van der Waals surface area contributed by atoms with Crippen molar-refractivity contribution >= 4 is 17.5 Å². The molecule has 0 fully saturated rings. The average molecular weight is 353 g/mol. The molecule has 0 aliphatic heterocycles. The van der Waals surface area contributed by atoms with E-state index in [2.05, 4.69) is 16.9 Å². The number of halogens is 1. The van der Waals surface area contributed by atoms with Gasteiger partial charge in [-0.05, 0) is 12.5 Å². The number of ether oxygens (including phenoxy) is 2. The first-order valence-corrected chi connectivity index (χ1v) is 8.12. The Morgan fingerprint density at radius 1 is 1.33 bits per heavy atom. The van der Waals surface area contributed by atoms with Crippen molar-refractivity contribution in [3.63, 3.8) is 0 Å². The Bertz CT molecular complexity index is 749. The summed E-state index contributed by atoms with van der Waals surface area (Å²) in [6.07, 6.45) is 4.83. The Labute approximate surface area is 145 Å². The van der Waals surface area contributed by atoms with Crippen molar-refractivity contribution in [1.82, 2.24) is 14.5 Å². The van der Waals surface area contributed by atoms with Crippen molar-refractivity contribution in [2.45, 2.75) is 32.7 Å². The molecule has 0 spiro atoms. The molecule has 0 saturated carbocycles. The number of methoxy groups -OCH3 is 1. The molecule has 2 N–H and O–H groups in total. The third-order valence-electron chi connectivity index (χ3n) is 3.40. The zero-order valence-electron chi connectivity index (χ0n) is 13.8. The first-order valence-electron chi connectivity index (χ1n) is 7.74. The van der Waals surface area contributed by atoms with Gasteiger partial charge in [0.2, 0.25) is 11.8 Å². The Morgan fingerprint density at radius 3 is 2.79 bits per heavy atom. The van der Waals surface area contributed by atoms with Crippen LogP contribution < -0.4 is 20.8 Å². The van der Waals surface area contributed by atoms with Gasteiger partial charge in [0.25, 0.3) is 5.56 Å². The molecule has 2 aromatic rings. The molecule has 7 nitrogen and oxygen atoms in total. The van der Waals surface area contributed by atoms with Gasteiger partial charge in [-0.2, -0.15) is 4.98 Å². The fraction of sp³-hybridized carbons (Fsp3) is 0.438. The lowest BCUT2D eigenvalue weighted by molar-refractivity contribution is 0.305. The van der Waals surface area contributed by atoms with Crippen LogP contribution in [-0.2, 0) is 6.54 Å². The minimum atomic E-state index is -0.213. The molecule has 2 aromatic heterocycles. The monoisotopic (exact) mass is 352 g/mol. The van der Waals surface area contributed by atoms with E-state index in [-0.39, 0.29) is 29.0 Å². The summed E-state index contributed by atoms with van der Waals surface area (Å²) in [7, 11) is 1.44. The van der Waals surface area contributed by atoms with Crippen LogP contribution in [0.3, 0.4) is 0 Å². The Balaban J connectivity index is 2.14. The van der Waals surface area contributed by atoms with Gasteiger partial charge in [0.15, 0.2) is 0 Å². The number of rotatable bonds is 8. The van der Waals surface area contributed by atoms with Gasteiger partial charge in [-0.25, -0.2) is 4.98 Å². The molecule has 2 heterocycles. The van der Waals surface area contributed by atoms with Gasteiger partial charge in [-0.15, -0.1) is 0 Å². The second kappa shape index (κ2) is 8.54. The minimum absolute atomic E-state index is 0.0372. The molecule has 2 rings (SSSR count). The topological polar surface area (TPSA) is 92.3 Å². The van der Waals surface area contributed by atoms with Crippen molar-refractivity contribution < 1.29 is 9.47 Å². The standard InChI is InChI=1S/C16H21ClN4O3/c1-3-4-5-8-24-11-6-7-21(13(22)9-11)10-12-14(17)15(23-2)20-16(18)19-12/h6-7,9H,3-5,8,10H2,1-2H3,(H2,18,19,20). The summed E-state index contributed by atoms with van der Waals surface area (Å²) in [6.45, 7) is 2.89. The van der Waals surface area contributed by atoms with Gasteiger partial charge in [0.05, 0.1) is 26.0 Å². The summed E-state index contributed by atoms with van der Waals surface area (Å²) in [5.74, 6) is 0.775. The van der Waals surface area contributed by atoms with Crippen LogP contribution in [0.2, 0.25) is 5.02 Å². The van der Waals surface area contributed by atoms with Crippen molar-refractivity contribution in [3.8, 4) is 11.6 Å². The maximum atomic E-state index is 12.2. The zero-order valence-corrected chi connectivity index (χ0v) is 14.5. The van der Waals surface area contributed by atoms with Crippen molar-refractivity contribution in [2.24, 2.45) is 0 Å². The molecular weight excluding hydrogens is 332 g/mol. The van der Waals surface area contributed by atoms with Gasteiger partial charge in [-0.1, -0.05) is 31.4 Å². The SMILES string of the molecule is CCCCCOc1ccn(Cc2nc(N)nc(OC)c2Cl)c(=O)c1. The van der Waals surface area contributed by atoms with E-state index in [9.17, 15) is 4.79 Å². The van der Waals surface area contributed by atoms with E-state index in [1.807, 2.05) is 0 Å². The van der Waals surface area contributed by atoms with Gasteiger partial charge in [0, 0.05) is 12.3 Å². The fourth-order valence-corrected chi connectivity index (χ4v) is 2.36. The first kappa shape index (κ1) is 18.1. The fourth-order valence-electron chi connectivity index (χ4n) is 2.14. The molecule has 0 amide bonds. The highest BCUT2D eigenvalue weighted by atomic mass is 35.5. The predicted octanol–water partition coefficient (Wildman–Crippen LogP) is 2.50. The van der Waals surface area contributed by atoms with E-state index in [1.165, 1.54) is 17.7 Å². The largest absolute Gasteiger partial charge is 0.493 e. The highest BCUT2D eigenvalue weighted by molar-refractivity contribution is 6.32. The highest BCUT2D eigenvalue weighted by Crippen LogP contribution is 2.25. The lowest BCUT2D eigenvalue weighted by Crippen LogP contribution is -2.20. The number of pyridine rings is 1. The van der Waals surface area contributed by atoms with Crippen LogP contribution in [0.4, 0.5) is 5.95 Å². The predicted molar refractivity (Wildman–Crippen MR) is 92.8 cm³/mol. The molecule has 0 radical (unpaired) electrons. The molecule has 0 atom stereocenters. The number of nitrogens with two attached hydrogens (primary N) is 1. The Hall–Kier alpha value is -2.28. The summed E-state index contributed by atoms with van der Waals surface area (Å²) in [5.41, 5.74) is 5.83. The summed E-state index contributed by atoms with van der Waals surface area (Å²) in [5, 5.41) is 0.235. The van der Waals surface area contributed by atoms with E-state index < -0.39 is 0 Å². The van der Waals surface area contributed by atoms with Crippen LogP contribution >= 0.6 is 11.6 Å². The molecule has 0 aromatic carbocycles. The molecule has 8 heteroatoms. The number of anilines is 1. The van der Waals surface area contributed by atoms with Gasteiger partial charge >= 0.3 is 0 Å². The molecule has 0 unspecified atom stereocenters. The Morgan fingerprint density at radius 2 is 2.12 bits per heavy atom. The van der Waals surface area contributed by atoms with Crippen LogP contribution in [0.5, 0.6) is 11.6 Å². The second-order valence-electron chi connectivity index (χ2n) is 5.24. The highest BCUT2D eigenvalue weighted by Gasteiger charge is 2.13. The number of nitrogens with zero attached hydrogens (tertiary/aromatic N) is 3. The van der Waals surface area contributed by atoms with Crippen molar-refractivity contribution in [2.75, 3.05) is 19.5 Å². The number of nitrogen functional groups attached to an aromatic ring is 1. The first-order chi connectivity index (χ1) is 11.5. The van der Waals surface area contributed by atoms with Crippen molar-refractivity contribution in [3.05, 3.63) is 39.4 Å². The molecule has 130 valence electrons. The third kappa shape index (κ3) is 4.61. The smallest absolute Gasteiger partial charge is 0.254 e. The molecule has 0 aliphatic carbocycles. The van der Waals surface area contributed by atoms with E-state index >= 15 is 0 Å². The van der Waals surface area contributed by atoms with E-state index in [0.717, 1.165) is 19.3 Å². The number of hydrogen-bond acceptors (Lipinski definition) is 6. The van der Waals surface area contributed by atoms with Crippen LogP contribution in [0.15, 0.2) is 23.1 Å². The normalized spacial score (nSPS) is 10.6. The van der Waals surface area contributed by atoms with Crippen LogP contribution in [0, 0.1) is 0 Å².